The monoisotopic (exact) mass is 430 g/mol. The van der Waals surface area contributed by atoms with Crippen LogP contribution in [0.5, 0.6) is 0 Å². The normalized spacial score (nSPS) is 54.6. The van der Waals surface area contributed by atoms with Crippen LogP contribution >= 0.6 is 0 Å². The van der Waals surface area contributed by atoms with Gasteiger partial charge in [0.1, 0.15) is 11.9 Å². The van der Waals surface area contributed by atoms with Crippen LogP contribution in [0.2, 0.25) is 0 Å². The van der Waals surface area contributed by atoms with E-state index in [4.69, 9.17) is 4.74 Å². The molecule has 1 N–H and O–H groups in total. The average molecular weight is 431 g/mol. The van der Waals surface area contributed by atoms with Crippen molar-refractivity contribution in [2.45, 2.75) is 104 Å². The maximum Gasteiger partial charge on any atom is 0.162 e. The van der Waals surface area contributed by atoms with E-state index in [9.17, 15) is 14.7 Å². The predicted octanol–water partition coefficient (Wildman–Crippen LogP) is 4.81. The lowest BCUT2D eigenvalue weighted by atomic mass is 9.44. The summed E-state index contributed by atoms with van der Waals surface area (Å²) >= 11 is 0. The number of rotatable bonds is 1. The van der Waals surface area contributed by atoms with Crippen molar-refractivity contribution in [2.24, 2.45) is 52.3 Å². The van der Waals surface area contributed by atoms with Crippen molar-refractivity contribution in [3.05, 3.63) is 0 Å². The fraction of sp³-hybridized carbons (Fsp3) is 0.926. The van der Waals surface area contributed by atoms with Gasteiger partial charge in [-0.25, -0.2) is 0 Å². The molecule has 0 amide bonds. The molecule has 5 aliphatic rings. The lowest BCUT2D eigenvalue weighted by Crippen LogP contribution is -2.57. The van der Waals surface area contributed by atoms with Gasteiger partial charge in [0.05, 0.1) is 12.2 Å². The van der Waals surface area contributed by atoms with Crippen LogP contribution in [0, 0.1) is 52.3 Å². The first-order valence-corrected chi connectivity index (χ1v) is 12.9. The molecule has 0 aromatic heterocycles. The summed E-state index contributed by atoms with van der Waals surface area (Å²) in [4.78, 5) is 26.2. The zero-order valence-electron chi connectivity index (χ0n) is 20.1. The smallest absolute Gasteiger partial charge is 0.162 e. The molecule has 4 saturated carbocycles. The van der Waals surface area contributed by atoms with Crippen LogP contribution in [0.25, 0.3) is 0 Å². The van der Waals surface area contributed by atoms with E-state index in [1.54, 1.807) is 0 Å². The van der Waals surface area contributed by atoms with Crippen LogP contribution in [0.15, 0.2) is 0 Å². The Morgan fingerprint density at radius 2 is 1.68 bits per heavy atom. The minimum absolute atomic E-state index is 0.0480. The summed E-state index contributed by atoms with van der Waals surface area (Å²) in [7, 11) is 0. The molecule has 11 unspecified atom stereocenters. The van der Waals surface area contributed by atoms with Gasteiger partial charge < -0.3 is 9.84 Å². The second-order valence-electron chi connectivity index (χ2n) is 12.8. The zero-order chi connectivity index (χ0) is 22.3. The first-order chi connectivity index (χ1) is 14.6. The minimum atomic E-state index is -0.301. The highest BCUT2D eigenvalue weighted by Gasteiger charge is 2.65. The number of carbonyl (C=O) groups excluding carboxylic acids is 2. The third kappa shape index (κ3) is 3.14. The van der Waals surface area contributed by atoms with Crippen molar-refractivity contribution in [2.75, 3.05) is 0 Å². The van der Waals surface area contributed by atoms with E-state index in [1.165, 1.54) is 12.8 Å². The van der Waals surface area contributed by atoms with Gasteiger partial charge in [0.25, 0.3) is 0 Å². The van der Waals surface area contributed by atoms with E-state index in [-0.39, 0.29) is 46.8 Å². The summed E-state index contributed by atoms with van der Waals surface area (Å²) in [6.07, 6.45) is 6.79. The molecule has 11 atom stereocenters. The van der Waals surface area contributed by atoms with Crippen molar-refractivity contribution >= 4 is 11.6 Å². The second-order valence-corrected chi connectivity index (χ2v) is 12.8. The molecule has 5 fully saturated rings. The van der Waals surface area contributed by atoms with E-state index in [1.807, 2.05) is 0 Å². The molecule has 1 aliphatic heterocycles. The van der Waals surface area contributed by atoms with E-state index in [0.717, 1.165) is 19.3 Å². The third-order valence-corrected chi connectivity index (χ3v) is 10.9. The van der Waals surface area contributed by atoms with E-state index >= 15 is 0 Å². The Morgan fingerprint density at radius 1 is 0.968 bits per heavy atom. The number of hydrogen-bond donors (Lipinski definition) is 1. The van der Waals surface area contributed by atoms with Gasteiger partial charge in [-0.3, -0.25) is 9.59 Å². The van der Waals surface area contributed by atoms with Gasteiger partial charge >= 0.3 is 0 Å². The molecule has 0 aromatic rings. The maximum atomic E-state index is 13.4. The molecule has 0 radical (unpaired) electrons. The molecule has 0 bridgehead atoms. The van der Waals surface area contributed by atoms with Gasteiger partial charge in [-0.15, -0.1) is 0 Å². The van der Waals surface area contributed by atoms with E-state index in [0.29, 0.717) is 54.6 Å². The number of carbonyl (C=O) groups is 2. The molecule has 31 heavy (non-hydrogen) atoms. The van der Waals surface area contributed by atoms with Gasteiger partial charge in [0.15, 0.2) is 5.78 Å². The molecule has 4 heteroatoms. The highest BCUT2D eigenvalue weighted by molar-refractivity contribution is 5.84. The molecule has 1 saturated heterocycles. The van der Waals surface area contributed by atoms with E-state index in [2.05, 4.69) is 34.6 Å². The molecule has 5 rings (SSSR count). The van der Waals surface area contributed by atoms with Crippen molar-refractivity contribution in [1.82, 2.24) is 0 Å². The average Bonchev–Trinajstić information content (AvgIpc) is 2.92. The Balaban J connectivity index is 1.47. The summed E-state index contributed by atoms with van der Waals surface area (Å²) in [6.45, 7) is 11.3. The fourth-order valence-corrected chi connectivity index (χ4v) is 9.56. The Labute approximate surface area is 187 Å². The van der Waals surface area contributed by atoms with Crippen LogP contribution in [-0.2, 0) is 14.3 Å². The van der Waals surface area contributed by atoms with Crippen LogP contribution in [0.4, 0.5) is 0 Å². The molecule has 4 aliphatic carbocycles. The summed E-state index contributed by atoms with van der Waals surface area (Å²) in [6, 6.07) is 0. The van der Waals surface area contributed by atoms with Crippen LogP contribution < -0.4 is 0 Å². The number of fused-ring (bicyclic) bond motifs is 7. The Hall–Kier alpha value is -0.740. The Morgan fingerprint density at radius 3 is 2.39 bits per heavy atom. The molecular weight excluding hydrogens is 388 g/mol. The third-order valence-electron chi connectivity index (χ3n) is 10.9. The molecular formula is C27H42O4. The van der Waals surface area contributed by atoms with Crippen LogP contribution in [-0.4, -0.2) is 35.0 Å². The molecule has 1 heterocycles. The highest BCUT2D eigenvalue weighted by Crippen LogP contribution is 2.68. The maximum absolute atomic E-state index is 13.4. The topological polar surface area (TPSA) is 63.6 Å². The van der Waals surface area contributed by atoms with Gasteiger partial charge in [0.2, 0.25) is 0 Å². The van der Waals surface area contributed by atoms with Gasteiger partial charge in [0, 0.05) is 18.8 Å². The molecule has 174 valence electrons. The van der Waals surface area contributed by atoms with Crippen molar-refractivity contribution in [1.29, 1.82) is 0 Å². The summed E-state index contributed by atoms with van der Waals surface area (Å²) in [5.41, 5.74) is 0.211. The van der Waals surface area contributed by atoms with Gasteiger partial charge in [-0.2, -0.15) is 0 Å². The Bertz CT molecular complexity index is 760. The quantitative estimate of drug-likeness (QED) is 0.648. The number of hydrogen-bond acceptors (Lipinski definition) is 4. The lowest BCUT2D eigenvalue weighted by Gasteiger charge is -2.60. The van der Waals surface area contributed by atoms with Gasteiger partial charge in [-0.1, -0.05) is 34.6 Å². The molecule has 4 nitrogen and oxygen atoms in total. The predicted molar refractivity (Wildman–Crippen MR) is 119 cm³/mol. The molecule has 0 spiro atoms. The fourth-order valence-electron chi connectivity index (χ4n) is 9.56. The standard InChI is InChI=1S/C27H42O4/c1-14(2)25-22(30)10-15(3)24-23(31-25)13-19-17-12-21(29)20-11-16(28)6-8-26(20,4)18(17)7-9-27(19,24)5/h14-20,23-25,28H,6-13H2,1-5H3. The number of ether oxygens (including phenoxy) is 1. The zero-order valence-corrected chi connectivity index (χ0v) is 20.1. The first-order valence-electron chi connectivity index (χ1n) is 12.9. The first kappa shape index (κ1) is 22.1. The SMILES string of the molecule is CC(C)C1OC2CC3C4CC(=O)C5CC(O)CCC5(C)C4CCC3(C)C2C(C)CC1=O. The Kier molecular flexibility index (Phi) is 5.26. The van der Waals surface area contributed by atoms with Crippen molar-refractivity contribution in [3.63, 3.8) is 0 Å². The molecule has 0 aromatic carbocycles. The lowest BCUT2D eigenvalue weighted by molar-refractivity contribution is -0.160. The number of ketones is 2. The highest BCUT2D eigenvalue weighted by atomic mass is 16.5. The largest absolute Gasteiger partial charge is 0.393 e. The van der Waals surface area contributed by atoms with Crippen LogP contribution in [0.1, 0.15) is 86.0 Å². The second kappa shape index (κ2) is 7.38. The van der Waals surface area contributed by atoms with E-state index < -0.39 is 0 Å². The van der Waals surface area contributed by atoms with Crippen molar-refractivity contribution in [3.8, 4) is 0 Å². The number of aliphatic hydroxyl groups excluding tert-OH is 1. The summed E-state index contributed by atoms with van der Waals surface area (Å²) in [5, 5.41) is 10.3. The summed E-state index contributed by atoms with van der Waals surface area (Å²) < 4.78 is 6.62. The van der Waals surface area contributed by atoms with Crippen LogP contribution in [0.3, 0.4) is 0 Å². The van der Waals surface area contributed by atoms with Gasteiger partial charge in [-0.05, 0) is 84.9 Å². The van der Waals surface area contributed by atoms with Crippen molar-refractivity contribution < 1.29 is 19.4 Å². The number of aliphatic hydroxyl groups is 1. The summed E-state index contributed by atoms with van der Waals surface area (Å²) in [5.74, 6) is 3.26. The minimum Gasteiger partial charge on any atom is -0.393 e. The number of Topliss-reactive ketones (excluding diaryl/α,β-unsaturated/α-hetero) is 2.